The molecule has 0 spiro atoms. The van der Waals surface area contributed by atoms with E-state index in [2.05, 4.69) is 15.0 Å². The summed E-state index contributed by atoms with van der Waals surface area (Å²) >= 11 is 1.12. The van der Waals surface area contributed by atoms with Gasteiger partial charge in [0.25, 0.3) is 5.91 Å². The molecule has 3 aromatic rings. The highest BCUT2D eigenvalue weighted by Crippen LogP contribution is 2.21. The first-order valence-electron chi connectivity index (χ1n) is 7.15. The first-order valence-corrected chi connectivity index (χ1v) is 9.45. The Bertz CT molecular complexity index is 991. The summed E-state index contributed by atoms with van der Waals surface area (Å²) in [5, 5.41) is 3.70. The Morgan fingerprint density at radius 1 is 1.17 bits per heavy atom. The van der Waals surface area contributed by atoms with Crippen LogP contribution in [0.15, 0.2) is 52.9 Å². The smallest absolute Gasteiger partial charge is 0.253 e. The summed E-state index contributed by atoms with van der Waals surface area (Å²) in [6.45, 7) is 0.256. The SMILES string of the molecule is CNS(=O)(=O)c1ccc(CNC(=O)c2cccc3cccnc23)s1. The van der Waals surface area contributed by atoms with Crippen molar-refractivity contribution >= 4 is 38.2 Å². The number of carbonyl (C=O) groups is 1. The molecule has 0 bridgehead atoms. The predicted octanol–water partition coefficient (Wildman–Crippen LogP) is 2.13. The van der Waals surface area contributed by atoms with E-state index in [0.29, 0.717) is 11.1 Å². The summed E-state index contributed by atoms with van der Waals surface area (Å²) in [6.07, 6.45) is 1.65. The summed E-state index contributed by atoms with van der Waals surface area (Å²) < 4.78 is 25.9. The van der Waals surface area contributed by atoms with Crippen LogP contribution in [-0.4, -0.2) is 26.4 Å². The number of sulfonamides is 1. The zero-order valence-corrected chi connectivity index (χ0v) is 14.4. The largest absolute Gasteiger partial charge is 0.347 e. The van der Waals surface area contributed by atoms with Crippen molar-refractivity contribution in [2.24, 2.45) is 0 Å². The Morgan fingerprint density at radius 3 is 2.75 bits per heavy atom. The van der Waals surface area contributed by atoms with Gasteiger partial charge in [0.1, 0.15) is 4.21 Å². The van der Waals surface area contributed by atoms with Crippen molar-refractivity contribution < 1.29 is 13.2 Å². The van der Waals surface area contributed by atoms with E-state index in [0.717, 1.165) is 21.6 Å². The van der Waals surface area contributed by atoms with E-state index in [1.165, 1.54) is 13.1 Å². The maximum absolute atomic E-state index is 12.4. The monoisotopic (exact) mass is 361 g/mol. The molecule has 0 saturated carbocycles. The lowest BCUT2D eigenvalue weighted by Gasteiger charge is -2.06. The fraction of sp³-hybridized carbons (Fsp3) is 0.125. The highest BCUT2D eigenvalue weighted by atomic mass is 32.2. The highest BCUT2D eigenvalue weighted by Gasteiger charge is 2.15. The van der Waals surface area contributed by atoms with Crippen LogP contribution in [0.4, 0.5) is 0 Å². The predicted molar refractivity (Wildman–Crippen MR) is 93.5 cm³/mol. The molecule has 24 heavy (non-hydrogen) atoms. The Kier molecular flexibility index (Phi) is 4.61. The van der Waals surface area contributed by atoms with Gasteiger partial charge in [-0.25, -0.2) is 13.1 Å². The van der Waals surface area contributed by atoms with Crippen molar-refractivity contribution in [3.05, 3.63) is 59.1 Å². The topological polar surface area (TPSA) is 88.2 Å². The molecule has 124 valence electrons. The number of rotatable bonds is 5. The summed E-state index contributed by atoms with van der Waals surface area (Å²) in [6, 6.07) is 12.4. The molecule has 1 aromatic carbocycles. The van der Waals surface area contributed by atoms with E-state index < -0.39 is 10.0 Å². The van der Waals surface area contributed by atoms with E-state index in [-0.39, 0.29) is 16.7 Å². The molecule has 2 aromatic heterocycles. The van der Waals surface area contributed by atoms with Crippen molar-refractivity contribution in [1.29, 1.82) is 0 Å². The fourth-order valence-electron chi connectivity index (χ4n) is 2.25. The minimum absolute atomic E-state index is 0.223. The fourth-order valence-corrected chi connectivity index (χ4v) is 4.38. The number of amides is 1. The number of nitrogens with one attached hydrogen (secondary N) is 2. The van der Waals surface area contributed by atoms with Gasteiger partial charge in [0.2, 0.25) is 10.0 Å². The highest BCUT2D eigenvalue weighted by molar-refractivity contribution is 7.91. The van der Waals surface area contributed by atoms with Crippen LogP contribution in [0.1, 0.15) is 15.2 Å². The molecule has 0 aliphatic heterocycles. The van der Waals surface area contributed by atoms with Crippen LogP contribution < -0.4 is 10.0 Å². The standard InChI is InChI=1S/C16H15N3O3S2/c1-17-24(21,22)14-8-7-12(23-14)10-19-16(20)13-6-2-4-11-5-3-9-18-15(11)13/h2-9,17H,10H2,1H3,(H,19,20). The maximum atomic E-state index is 12.4. The van der Waals surface area contributed by atoms with Gasteiger partial charge in [-0.3, -0.25) is 9.78 Å². The number of pyridine rings is 1. The third kappa shape index (κ3) is 3.30. The van der Waals surface area contributed by atoms with Gasteiger partial charge >= 0.3 is 0 Å². The van der Waals surface area contributed by atoms with Crippen molar-refractivity contribution in [2.45, 2.75) is 10.8 Å². The van der Waals surface area contributed by atoms with Crippen LogP contribution >= 0.6 is 11.3 Å². The minimum atomic E-state index is -3.45. The third-order valence-corrected chi connectivity index (χ3v) is 6.46. The lowest BCUT2D eigenvalue weighted by Crippen LogP contribution is -2.22. The Morgan fingerprint density at radius 2 is 1.96 bits per heavy atom. The second-order valence-corrected chi connectivity index (χ2v) is 8.27. The van der Waals surface area contributed by atoms with Crippen LogP contribution in [0.5, 0.6) is 0 Å². The molecular formula is C16H15N3O3S2. The Hall–Kier alpha value is -2.29. The molecule has 0 atom stereocenters. The zero-order valence-electron chi connectivity index (χ0n) is 12.8. The number of carbonyl (C=O) groups excluding carboxylic acids is 1. The molecule has 0 fully saturated rings. The molecule has 8 heteroatoms. The number of thiophene rings is 1. The van der Waals surface area contributed by atoms with Gasteiger partial charge in [-0.05, 0) is 31.3 Å². The molecule has 0 unspecified atom stereocenters. The molecule has 0 saturated heterocycles. The van der Waals surface area contributed by atoms with Crippen LogP contribution in [0.2, 0.25) is 0 Å². The number of hydrogen-bond donors (Lipinski definition) is 2. The number of benzene rings is 1. The van der Waals surface area contributed by atoms with E-state index in [1.54, 1.807) is 18.3 Å². The molecule has 1 amide bonds. The van der Waals surface area contributed by atoms with E-state index in [4.69, 9.17) is 0 Å². The number of hydrogen-bond acceptors (Lipinski definition) is 5. The number of fused-ring (bicyclic) bond motifs is 1. The van der Waals surface area contributed by atoms with Gasteiger partial charge in [0.15, 0.2) is 0 Å². The Balaban J connectivity index is 1.76. The summed E-state index contributed by atoms with van der Waals surface area (Å²) in [7, 11) is -2.09. The lowest BCUT2D eigenvalue weighted by molar-refractivity contribution is 0.0953. The maximum Gasteiger partial charge on any atom is 0.253 e. The average molecular weight is 361 g/mol. The molecule has 0 aliphatic carbocycles. The van der Waals surface area contributed by atoms with Crippen LogP contribution in [0, 0.1) is 0 Å². The normalized spacial score (nSPS) is 11.5. The molecule has 2 heterocycles. The summed E-state index contributed by atoms with van der Waals surface area (Å²) in [5.41, 5.74) is 1.13. The van der Waals surface area contributed by atoms with Crippen molar-refractivity contribution in [1.82, 2.24) is 15.0 Å². The van der Waals surface area contributed by atoms with Gasteiger partial charge in [-0.15, -0.1) is 11.3 Å². The minimum Gasteiger partial charge on any atom is -0.347 e. The third-order valence-electron chi connectivity index (χ3n) is 3.47. The van der Waals surface area contributed by atoms with Crippen molar-refractivity contribution in [3.63, 3.8) is 0 Å². The van der Waals surface area contributed by atoms with Crippen LogP contribution in [-0.2, 0) is 16.6 Å². The van der Waals surface area contributed by atoms with Gasteiger partial charge in [-0.2, -0.15) is 0 Å². The van der Waals surface area contributed by atoms with E-state index in [1.807, 2.05) is 24.3 Å². The van der Waals surface area contributed by atoms with E-state index in [9.17, 15) is 13.2 Å². The summed E-state index contributed by atoms with van der Waals surface area (Å²) in [4.78, 5) is 17.4. The second kappa shape index (κ2) is 6.68. The van der Waals surface area contributed by atoms with E-state index >= 15 is 0 Å². The number of nitrogens with zero attached hydrogens (tertiary/aromatic N) is 1. The summed E-state index contributed by atoms with van der Waals surface area (Å²) in [5.74, 6) is -0.245. The second-order valence-electron chi connectivity index (χ2n) is 4.99. The molecule has 6 nitrogen and oxygen atoms in total. The zero-order chi connectivity index (χ0) is 17.2. The van der Waals surface area contributed by atoms with Gasteiger partial charge in [0, 0.05) is 16.5 Å². The average Bonchev–Trinajstić information content (AvgIpc) is 3.09. The van der Waals surface area contributed by atoms with Gasteiger partial charge in [0.05, 0.1) is 17.6 Å². The number of para-hydroxylation sites is 1. The first-order chi connectivity index (χ1) is 11.5. The lowest BCUT2D eigenvalue weighted by atomic mass is 10.1. The molecule has 3 rings (SSSR count). The first kappa shape index (κ1) is 16.6. The quantitative estimate of drug-likeness (QED) is 0.729. The number of aromatic nitrogens is 1. The van der Waals surface area contributed by atoms with Crippen LogP contribution in [0.25, 0.3) is 10.9 Å². The van der Waals surface area contributed by atoms with Gasteiger partial charge < -0.3 is 5.32 Å². The molecular weight excluding hydrogens is 346 g/mol. The van der Waals surface area contributed by atoms with Crippen molar-refractivity contribution in [3.8, 4) is 0 Å². The van der Waals surface area contributed by atoms with Crippen LogP contribution in [0.3, 0.4) is 0 Å². The molecule has 0 radical (unpaired) electrons. The van der Waals surface area contributed by atoms with Crippen molar-refractivity contribution in [2.75, 3.05) is 7.05 Å². The molecule has 0 aliphatic rings. The van der Waals surface area contributed by atoms with Gasteiger partial charge in [-0.1, -0.05) is 18.2 Å². The Labute approximate surface area is 143 Å². The molecule has 2 N–H and O–H groups in total.